The highest BCUT2D eigenvalue weighted by molar-refractivity contribution is 6.74. The molecule has 0 amide bonds. The van der Waals surface area contributed by atoms with E-state index in [9.17, 15) is 4.79 Å². The summed E-state index contributed by atoms with van der Waals surface area (Å²) in [6, 6.07) is 0. The number of hydrogen-bond donors (Lipinski definition) is 0. The van der Waals surface area contributed by atoms with Crippen LogP contribution >= 0.6 is 0 Å². The molecule has 0 saturated heterocycles. The van der Waals surface area contributed by atoms with Gasteiger partial charge < -0.3 is 8.85 Å². The average molecular weight is 477 g/mol. The van der Waals surface area contributed by atoms with Gasteiger partial charge in [0, 0.05) is 12.0 Å². The molecule has 2 aliphatic carbocycles. The Morgan fingerprint density at radius 1 is 1.00 bits per heavy atom. The smallest absolute Gasteiger partial charge is 0.193 e. The fourth-order valence-corrected chi connectivity index (χ4v) is 6.62. The minimum atomic E-state index is -2.01. The van der Waals surface area contributed by atoms with E-state index < -0.39 is 16.6 Å². The van der Waals surface area contributed by atoms with Crippen LogP contribution in [0.2, 0.25) is 36.3 Å². The molecule has 0 spiro atoms. The number of Topliss-reactive ketones (excluding diaryl/α,β-unsaturated/α-hetero) is 1. The van der Waals surface area contributed by atoms with Crippen LogP contribution in [0.15, 0.2) is 12.2 Å². The lowest BCUT2D eigenvalue weighted by Gasteiger charge is -2.39. The molecular formula is C27H48O3Si2. The van der Waals surface area contributed by atoms with Gasteiger partial charge in [0.1, 0.15) is 6.10 Å². The van der Waals surface area contributed by atoms with E-state index in [0.717, 1.165) is 6.42 Å². The lowest BCUT2D eigenvalue weighted by Crippen LogP contribution is -2.45. The van der Waals surface area contributed by atoms with Crippen molar-refractivity contribution >= 4 is 22.4 Å². The van der Waals surface area contributed by atoms with Crippen molar-refractivity contribution in [1.82, 2.24) is 0 Å². The van der Waals surface area contributed by atoms with Crippen LogP contribution in [0.25, 0.3) is 0 Å². The van der Waals surface area contributed by atoms with E-state index in [1.54, 1.807) is 0 Å². The first-order chi connectivity index (χ1) is 14.4. The van der Waals surface area contributed by atoms with Gasteiger partial charge in [0.15, 0.2) is 22.4 Å². The van der Waals surface area contributed by atoms with Crippen LogP contribution in [-0.4, -0.2) is 34.6 Å². The van der Waals surface area contributed by atoms with E-state index in [1.165, 1.54) is 25.7 Å². The Labute approximate surface area is 200 Å². The third kappa shape index (κ3) is 6.68. The molecule has 32 heavy (non-hydrogen) atoms. The molecule has 0 aliphatic heterocycles. The topological polar surface area (TPSA) is 35.5 Å². The highest BCUT2D eigenvalue weighted by Gasteiger charge is 2.45. The highest BCUT2D eigenvalue weighted by Crippen LogP contribution is 2.42. The first-order valence-corrected chi connectivity index (χ1v) is 18.3. The quantitative estimate of drug-likeness (QED) is 0.226. The summed E-state index contributed by atoms with van der Waals surface area (Å²) in [5.41, 5.74) is 0.619. The number of ketones is 1. The van der Waals surface area contributed by atoms with Crippen LogP contribution in [-0.2, 0) is 13.6 Å². The van der Waals surface area contributed by atoms with E-state index >= 15 is 0 Å². The summed E-state index contributed by atoms with van der Waals surface area (Å²) >= 11 is 0. The first-order valence-electron chi connectivity index (χ1n) is 12.5. The van der Waals surface area contributed by atoms with Crippen molar-refractivity contribution in [1.29, 1.82) is 0 Å². The molecule has 0 aromatic carbocycles. The molecular weight excluding hydrogens is 428 g/mol. The predicted molar refractivity (Wildman–Crippen MR) is 141 cm³/mol. The van der Waals surface area contributed by atoms with Gasteiger partial charge in [-0.3, -0.25) is 4.79 Å². The standard InChI is InChI=1S/C27H48O3Si2/c1-20-23(25(19-24(20)28)30-32(10,11)27(5,6)7)17-16-22(18-21-14-12-13-15-21)29-31(8,9)26(2,3)4/h21-23,25H,1,12-15,18-19H2,2-11H3/t22-,23-,25-/m1/s1. The normalized spacial score (nSPS) is 24.6. The maximum Gasteiger partial charge on any atom is 0.193 e. The van der Waals surface area contributed by atoms with Crippen LogP contribution in [0, 0.1) is 23.7 Å². The number of carbonyl (C=O) groups is 1. The Kier molecular flexibility index (Phi) is 8.53. The summed E-state index contributed by atoms with van der Waals surface area (Å²) in [7, 11) is -3.95. The van der Waals surface area contributed by atoms with Gasteiger partial charge >= 0.3 is 0 Å². The van der Waals surface area contributed by atoms with E-state index in [0.29, 0.717) is 17.9 Å². The van der Waals surface area contributed by atoms with Gasteiger partial charge in [0.05, 0.1) is 12.0 Å². The highest BCUT2D eigenvalue weighted by atomic mass is 28.4. The molecule has 2 fully saturated rings. The molecule has 0 N–H and O–H groups in total. The van der Waals surface area contributed by atoms with Crippen LogP contribution in [0.3, 0.4) is 0 Å². The number of rotatable bonds is 6. The van der Waals surface area contributed by atoms with Crippen molar-refractivity contribution < 1.29 is 13.6 Å². The zero-order valence-electron chi connectivity index (χ0n) is 22.5. The van der Waals surface area contributed by atoms with E-state index in [1.807, 2.05) is 0 Å². The van der Waals surface area contributed by atoms with Gasteiger partial charge in [-0.2, -0.15) is 0 Å². The fourth-order valence-electron chi connectivity index (χ4n) is 4.07. The molecule has 0 heterocycles. The molecule has 182 valence electrons. The third-order valence-corrected chi connectivity index (χ3v) is 17.4. The van der Waals surface area contributed by atoms with Crippen LogP contribution < -0.4 is 0 Å². The Hall–Kier alpha value is -0.676. The minimum absolute atomic E-state index is 0.0731. The maximum atomic E-state index is 12.6. The van der Waals surface area contributed by atoms with Crippen molar-refractivity contribution in [2.75, 3.05) is 0 Å². The van der Waals surface area contributed by atoms with Gasteiger partial charge in [-0.25, -0.2) is 0 Å². The van der Waals surface area contributed by atoms with Crippen LogP contribution in [0.4, 0.5) is 0 Å². The summed E-state index contributed by atoms with van der Waals surface area (Å²) in [6.07, 6.45) is 6.36. The molecule has 2 saturated carbocycles. The lowest BCUT2D eigenvalue weighted by atomic mass is 9.98. The van der Waals surface area contributed by atoms with Gasteiger partial charge in [-0.15, -0.1) is 0 Å². The Morgan fingerprint density at radius 3 is 2.03 bits per heavy atom. The van der Waals surface area contributed by atoms with Gasteiger partial charge in [-0.1, -0.05) is 85.6 Å². The molecule has 3 nitrogen and oxygen atoms in total. The third-order valence-electron chi connectivity index (χ3n) is 8.41. The second-order valence-corrected chi connectivity index (χ2v) is 22.6. The zero-order valence-corrected chi connectivity index (χ0v) is 24.5. The largest absolute Gasteiger partial charge is 0.412 e. The van der Waals surface area contributed by atoms with Crippen molar-refractivity contribution in [3.8, 4) is 11.8 Å². The zero-order chi connectivity index (χ0) is 24.5. The summed E-state index contributed by atoms with van der Waals surface area (Å²) < 4.78 is 13.5. The first kappa shape index (κ1) is 27.6. The van der Waals surface area contributed by atoms with E-state index in [-0.39, 0.29) is 34.0 Å². The summed E-state index contributed by atoms with van der Waals surface area (Å²) in [6.45, 7) is 26.7. The molecule has 0 unspecified atom stereocenters. The number of carbonyl (C=O) groups excluding carboxylic acids is 1. The van der Waals surface area contributed by atoms with Crippen molar-refractivity contribution in [2.24, 2.45) is 11.8 Å². The van der Waals surface area contributed by atoms with Crippen molar-refractivity contribution in [3.63, 3.8) is 0 Å². The molecule has 3 atom stereocenters. The van der Waals surface area contributed by atoms with Gasteiger partial charge in [0.25, 0.3) is 0 Å². The molecule has 2 aliphatic rings. The summed E-state index contributed by atoms with van der Waals surface area (Å²) in [5.74, 6) is 7.55. The molecule has 0 bridgehead atoms. The Bertz CT molecular complexity index is 752. The lowest BCUT2D eigenvalue weighted by molar-refractivity contribution is -0.115. The fraction of sp³-hybridized carbons (Fsp3) is 0.815. The van der Waals surface area contributed by atoms with E-state index in [2.05, 4.69) is 86.2 Å². The summed E-state index contributed by atoms with van der Waals surface area (Å²) in [5, 5.41) is 0.234. The van der Waals surface area contributed by atoms with E-state index in [4.69, 9.17) is 8.85 Å². The molecule has 2 rings (SSSR count). The second-order valence-electron chi connectivity index (χ2n) is 13.1. The SMILES string of the molecule is C=C1C(=O)C[C@@H](O[Si](C)(C)C(C)(C)C)[C@@H]1C#C[C@H](CC1CCCC1)O[Si](C)(C)C(C)(C)C. The maximum absolute atomic E-state index is 12.6. The van der Waals surface area contributed by atoms with Crippen molar-refractivity contribution in [2.45, 2.75) is 129 Å². The average Bonchev–Trinajstić information content (AvgIpc) is 3.19. The Morgan fingerprint density at radius 2 is 1.53 bits per heavy atom. The minimum Gasteiger partial charge on any atom is -0.412 e. The Balaban J connectivity index is 2.28. The van der Waals surface area contributed by atoms with Gasteiger partial charge in [-0.05, 0) is 48.6 Å². The van der Waals surface area contributed by atoms with Crippen molar-refractivity contribution in [3.05, 3.63) is 12.2 Å². The van der Waals surface area contributed by atoms with Gasteiger partial charge in [0.2, 0.25) is 0 Å². The molecule has 0 aromatic heterocycles. The second kappa shape index (κ2) is 9.90. The predicted octanol–water partition coefficient (Wildman–Crippen LogP) is 7.50. The molecule has 0 aromatic rings. The monoisotopic (exact) mass is 476 g/mol. The molecule has 5 heteroatoms. The molecule has 0 radical (unpaired) electrons. The number of hydrogen-bond acceptors (Lipinski definition) is 3. The van der Waals surface area contributed by atoms with Crippen LogP contribution in [0.1, 0.15) is 80.1 Å². The van der Waals surface area contributed by atoms with Crippen LogP contribution in [0.5, 0.6) is 0 Å². The summed E-state index contributed by atoms with van der Waals surface area (Å²) in [4.78, 5) is 12.6.